The minimum absolute atomic E-state index is 0.0301. The quantitative estimate of drug-likeness (QED) is 0.933. The van der Waals surface area contributed by atoms with E-state index in [1.54, 1.807) is 0 Å². The number of aryl methyl sites for hydroxylation is 2. The van der Waals surface area contributed by atoms with Crippen molar-refractivity contribution in [1.82, 2.24) is 14.7 Å². The van der Waals surface area contributed by atoms with Gasteiger partial charge in [-0.1, -0.05) is 0 Å². The van der Waals surface area contributed by atoms with E-state index < -0.39 is 0 Å². The van der Waals surface area contributed by atoms with Gasteiger partial charge in [-0.2, -0.15) is 0 Å². The predicted octanol–water partition coefficient (Wildman–Crippen LogP) is 2.87. The first kappa shape index (κ1) is 13.2. The van der Waals surface area contributed by atoms with Gasteiger partial charge in [0.1, 0.15) is 5.65 Å². The minimum Gasteiger partial charge on any atom is -0.347 e. The summed E-state index contributed by atoms with van der Waals surface area (Å²) in [6.45, 7) is 8.23. The third kappa shape index (κ3) is 2.09. The van der Waals surface area contributed by atoms with E-state index in [2.05, 4.69) is 24.1 Å². The summed E-state index contributed by atoms with van der Waals surface area (Å²) < 4.78 is 2.03. The Morgan fingerprint density at radius 2 is 2.00 bits per heavy atom. The SMILES string of the molecule is Cc1ccc(C(=O)NC(C)(C)C2CC2)c2ncc(C)n12. The predicted molar refractivity (Wildman–Crippen MR) is 78.9 cm³/mol. The van der Waals surface area contributed by atoms with Crippen LogP contribution in [0.15, 0.2) is 18.3 Å². The van der Waals surface area contributed by atoms with E-state index in [-0.39, 0.29) is 11.4 Å². The van der Waals surface area contributed by atoms with Gasteiger partial charge in [0, 0.05) is 23.1 Å². The number of carbonyl (C=O) groups is 1. The highest BCUT2D eigenvalue weighted by molar-refractivity contribution is 6.00. The summed E-state index contributed by atoms with van der Waals surface area (Å²) in [4.78, 5) is 17.0. The summed E-state index contributed by atoms with van der Waals surface area (Å²) in [6, 6.07) is 3.84. The van der Waals surface area contributed by atoms with Gasteiger partial charge in [-0.15, -0.1) is 0 Å². The smallest absolute Gasteiger partial charge is 0.255 e. The number of amides is 1. The molecule has 0 atom stereocenters. The van der Waals surface area contributed by atoms with Gasteiger partial charge >= 0.3 is 0 Å². The molecule has 2 heterocycles. The maximum absolute atomic E-state index is 12.6. The van der Waals surface area contributed by atoms with Crippen molar-refractivity contribution in [2.45, 2.75) is 46.1 Å². The van der Waals surface area contributed by atoms with Crippen LogP contribution < -0.4 is 5.32 Å². The molecule has 0 aliphatic heterocycles. The van der Waals surface area contributed by atoms with Crippen LogP contribution in [0.1, 0.15) is 48.4 Å². The van der Waals surface area contributed by atoms with Crippen LogP contribution in [0.5, 0.6) is 0 Å². The number of rotatable bonds is 3. The molecule has 2 aromatic rings. The Morgan fingerprint density at radius 1 is 1.30 bits per heavy atom. The van der Waals surface area contributed by atoms with Crippen LogP contribution in [0.25, 0.3) is 5.65 Å². The fourth-order valence-corrected chi connectivity index (χ4v) is 2.87. The normalized spacial score (nSPS) is 15.6. The van der Waals surface area contributed by atoms with Gasteiger partial charge in [-0.3, -0.25) is 4.79 Å². The van der Waals surface area contributed by atoms with Crippen LogP contribution in [0, 0.1) is 19.8 Å². The largest absolute Gasteiger partial charge is 0.347 e. The minimum atomic E-state index is -0.138. The number of fused-ring (bicyclic) bond motifs is 1. The lowest BCUT2D eigenvalue weighted by molar-refractivity contribution is 0.0904. The molecule has 0 unspecified atom stereocenters. The molecule has 1 aliphatic rings. The Balaban J connectivity index is 1.98. The van der Waals surface area contributed by atoms with Crippen molar-refractivity contribution < 1.29 is 4.79 Å². The molecule has 1 saturated carbocycles. The van der Waals surface area contributed by atoms with Crippen molar-refractivity contribution in [2.24, 2.45) is 5.92 Å². The zero-order valence-electron chi connectivity index (χ0n) is 12.5. The topological polar surface area (TPSA) is 46.4 Å². The summed E-state index contributed by atoms with van der Waals surface area (Å²) in [5, 5.41) is 3.16. The van der Waals surface area contributed by atoms with Gasteiger partial charge in [-0.25, -0.2) is 4.98 Å². The molecule has 4 nitrogen and oxygen atoms in total. The molecule has 20 heavy (non-hydrogen) atoms. The third-order valence-electron chi connectivity index (χ3n) is 4.30. The monoisotopic (exact) mass is 271 g/mol. The molecule has 1 amide bonds. The summed E-state index contributed by atoms with van der Waals surface area (Å²) in [5.74, 6) is 0.576. The molecule has 4 heteroatoms. The van der Waals surface area contributed by atoms with Crippen molar-refractivity contribution in [1.29, 1.82) is 0 Å². The third-order valence-corrected chi connectivity index (χ3v) is 4.30. The molecule has 1 aliphatic carbocycles. The average Bonchev–Trinajstić information content (AvgIpc) is 3.15. The van der Waals surface area contributed by atoms with E-state index in [0.717, 1.165) is 17.0 Å². The van der Waals surface area contributed by atoms with Crippen LogP contribution in [0.3, 0.4) is 0 Å². The molecule has 0 saturated heterocycles. The maximum atomic E-state index is 12.6. The standard InChI is InChI=1S/C16H21N3O/c1-10-5-8-13(14-17-9-11(2)19(10)14)15(20)18-16(3,4)12-6-7-12/h5,8-9,12H,6-7H2,1-4H3,(H,18,20). The lowest BCUT2D eigenvalue weighted by atomic mass is 9.98. The lowest BCUT2D eigenvalue weighted by Crippen LogP contribution is -2.45. The summed E-state index contributed by atoms with van der Waals surface area (Å²) >= 11 is 0. The van der Waals surface area contributed by atoms with Crippen LogP contribution in [0.4, 0.5) is 0 Å². The summed E-state index contributed by atoms with van der Waals surface area (Å²) in [6.07, 6.45) is 4.23. The van der Waals surface area contributed by atoms with E-state index in [1.165, 1.54) is 12.8 Å². The Labute approximate surface area is 119 Å². The van der Waals surface area contributed by atoms with Crippen LogP contribution in [-0.2, 0) is 0 Å². The van der Waals surface area contributed by atoms with Crippen LogP contribution in [-0.4, -0.2) is 20.8 Å². The fourth-order valence-electron chi connectivity index (χ4n) is 2.87. The van der Waals surface area contributed by atoms with Crippen molar-refractivity contribution in [2.75, 3.05) is 0 Å². The highest BCUT2D eigenvalue weighted by Gasteiger charge is 2.39. The van der Waals surface area contributed by atoms with Gasteiger partial charge in [0.2, 0.25) is 0 Å². The van der Waals surface area contributed by atoms with Crippen molar-refractivity contribution in [3.63, 3.8) is 0 Å². The number of nitrogens with one attached hydrogen (secondary N) is 1. The van der Waals surface area contributed by atoms with Crippen molar-refractivity contribution >= 4 is 11.6 Å². The molecular formula is C16H21N3O. The Kier molecular flexibility index (Phi) is 2.85. The second-order valence-corrected chi connectivity index (χ2v) is 6.40. The Morgan fingerprint density at radius 3 is 2.65 bits per heavy atom. The molecule has 1 fully saturated rings. The van der Waals surface area contributed by atoms with E-state index in [0.29, 0.717) is 11.5 Å². The maximum Gasteiger partial charge on any atom is 0.255 e. The van der Waals surface area contributed by atoms with Crippen LogP contribution in [0.2, 0.25) is 0 Å². The molecule has 3 rings (SSSR count). The Hall–Kier alpha value is -1.84. The fraction of sp³-hybridized carbons (Fsp3) is 0.500. The molecule has 0 spiro atoms. The number of pyridine rings is 1. The first-order valence-corrected chi connectivity index (χ1v) is 7.16. The number of aromatic nitrogens is 2. The highest BCUT2D eigenvalue weighted by Crippen LogP contribution is 2.39. The van der Waals surface area contributed by atoms with E-state index in [9.17, 15) is 4.79 Å². The zero-order valence-corrected chi connectivity index (χ0v) is 12.5. The van der Waals surface area contributed by atoms with Crippen molar-refractivity contribution in [3.05, 3.63) is 35.3 Å². The molecule has 0 bridgehead atoms. The average molecular weight is 271 g/mol. The number of imidazole rings is 1. The zero-order chi connectivity index (χ0) is 14.5. The summed E-state index contributed by atoms with van der Waals surface area (Å²) in [5.41, 5.74) is 3.39. The van der Waals surface area contributed by atoms with E-state index >= 15 is 0 Å². The first-order chi connectivity index (χ1) is 9.40. The van der Waals surface area contributed by atoms with Crippen LogP contribution >= 0.6 is 0 Å². The second kappa shape index (κ2) is 4.33. The van der Waals surface area contributed by atoms with E-state index in [4.69, 9.17) is 0 Å². The molecule has 2 aromatic heterocycles. The molecule has 1 N–H and O–H groups in total. The number of nitrogens with zero attached hydrogens (tertiary/aromatic N) is 2. The molecule has 0 aromatic carbocycles. The molecule has 0 radical (unpaired) electrons. The van der Waals surface area contributed by atoms with E-state index in [1.807, 2.05) is 36.6 Å². The number of hydrogen-bond donors (Lipinski definition) is 1. The first-order valence-electron chi connectivity index (χ1n) is 7.16. The highest BCUT2D eigenvalue weighted by atomic mass is 16.1. The Bertz CT molecular complexity index is 680. The molecular weight excluding hydrogens is 250 g/mol. The van der Waals surface area contributed by atoms with Gasteiger partial charge < -0.3 is 9.72 Å². The summed E-state index contributed by atoms with van der Waals surface area (Å²) in [7, 11) is 0. The second-order valence-electron chi connectivity index (χ2n) is 6.40. The number of hydrogen-bond acceptors (Lipinski definition) is 2. The lowest BCUT2D eigenvalue weighted by Gasteiger charge is -2.26. The van der Waals surface area contributed by atoms with Gasteiger partial charge in [0.15, 0.2) is 0 Å². The molecule has 106 valence electrons. The van der Waals surface area contributed by atoms with Gasteiger partial charge in [0.05, 0.1) is 5.56 Å². The van der Waals surface area contributed by atoms with Gasteiger partial charge in [-0.05, 0) is 58.6 Å². The number of carbonyl (C=O) groups excluding carboxylic acids is 1. The van der Waals surface area contributed by atoms with Gasteiger partial charge in [0.25, 0.3) is 5.91 Å². The van der Waals surface area contributed by atoms with Crippen molar-refractivity contribution in [3.8, 4) is 0 Å².